The minimum atomic E-state index is 0.392. The summed E-state index contributed by atoms with van der Waals surface area (Å²) in [5, 5.41) is 9.09. The van der Waals surface area contributed by atoms with Gasteiger partial charge in [0.25, 0.3) is 0 Å². The molecule has 3 atom stereocenters. The molecule has 1 aromatic carbocycles. The maximum atomic E-state index is 5.82. The minimum Gasteiger partial charge on any atom is -0.378 e. The Labute approximate surface area is 144 Å². The Morgan fingerprint density at radius 1 is 1.29 bits per heavy atom. The summed E-state index contributed by atoms with van der Waals surface area (Å²) in [7, 11) is 1.89. The predicted octanol–water partition coefficient (Wildman–Crippen LogP) is 3.10. The van der Waals surface area contributed by atoms with E-state index in [4.69, 9.17) is 5.84 Å². The number of rotatable bonds is 4. The molecule has 4 heteroatoms. The van der Waals surface area contributed by atoms with Crippen molar-refractivity contribution in [1.82, 2.24) is 10.3 Å². The summed E-state index contributed by atoms with van der Waals surface area (Å²) in [6.07, 6.45) is 12.3. The first kappa shape index (κ1) is 15.5. The Hall–Kier alpha value is -2.04. The first-order valence-electron chi connectivity index (χ1n) is 8.85. The number of hydrazine groups is 1. The van der Waals surface area contributed by atoms with Gasteiger partial charge in [-0.2, -0.15) is 0 Å². The Balaban J connectivity index is 1.69. The summed E-state index contributed by atoms with van der Waals surface area (Å²) in [5.74, 6) is 6.86. The van der Waals surface area contributed by atoms with Gasteiger partial charge < -0.3 is 10.6 Å². The van der Waals surface area contributed by atoms with Crippen molar-refractivity contribution in [3.8, 4) is 0 Å². The number of hydrogen-bond donors (Lipinski definition) is 3. The van der Waals surface area contributed by atoms with Crippen molar-refractivity contribution in [2.24, 2.45) is 11.8 Å². The van der Waals surface area contributed by atoms with E-state index in [1.807, 2.05) is 7.05 Å². The van der Waals surface area contributed by atoms with Gasteiger partial charge in [0.05, 0.1) is 12.7 Å². The zero-order valence-electron chi connectivity index (χ0n) is 14.2. The molecule has 4 nitrogen and oxygen atoms in total. The van der Waals surface area contributed by atoms with Crippen LogP contribution in [0.1, 0.15) is 30.7 Å². The lowest BCUT2D eigenvalue weighted by atomic mass is 9.74. The van der Waals surface area contributed by atoms with E-state index in [0.717, 1.165) is 12.8 Å². The molecule has 1 heterocycles. The normalized spacial score (nSPS) is 27.9. The summed E-state index contributed by atoms with van der Waals surface area (Å²) in [6.45, 7) is 0.676. The second-order valence-corrected chi connectivity index (χ2v) is 7.04. The van der Waals surface area contributed by atoms with Crippen molar-refractivity contribution >= 4 is 5.69 Å². The Kier molecular flexibility index (Phi) is 4.17. The summed E-state index contributed by atoms with van der Waals surface area (Å²) < 4.78 is 0. The summed E-state index contributed by atoms with van der Waals surface area (Å²) in [4.78, 5) is 0. The van der Waals surface area contributed by atoms with Gasteiger partial charge in [-0.25, -0.2) is 5.01 Å². The molecule has 0 saturated heterocycles. The third-order valence-corrected chi connectivity index (χ3v) is 5.38. The average molecular weight is 322 g/mol. The summed E-state index contributed by atoms with van der Waals surface area (Å²) in [5.41, 5.74) is 5.67. The van der Waals surface area contributed by atoms with Gasteiger partial charge in [-0.05, 0) is 36.5 Å². The number of benzene rings is 1. The van der Waals surface area contributed by atoms with Crippen molar-refractivity contribution in [2.75, 3.05) is 19.0 Å². The van der Waals surface area contributed by atoms with Crippen LogP contribution in [-0.4, -0.2) is 24.8 Å². The Morgan fingerprint density at radius 3 is 2.96 bits per heavy atom. The van der Waals surface area contributed by atoms with E-state index < -0.39 is 0 Å². The van der Waals surface area contributed by atoms with E-state index >= 15 is 0 Å². The molecular weight excluding hydrogens is 296 g/mol. The molecule has 24 heavy (non-hydrogen) atoms. The van der Waals surface area contributed by atoms with Gasteiger partial charge in [0, 0.05) is 30.3 Å². The second-order valence-electron chi connectivity index (χ2n) is 7.04. The van der Waals surface area contributed by atoms with E-state index in [1.54, 1.807) is 5.01 Å². The second kappa shape index (κ2) is 6.46. The van der Waals surface area contributed by atoms with Gasteiger partial charge in [-0.1, -0.05) is 42.5 Å². The van der Waals surface area contributed by atoms with Crippen LogP contribution in [0.15, 0.2) is 59.8 Å². The standard InChI is InChI=1S/C20H26N4/c1-24(21)13-22-18-12-11-16-15-9-5-6-10-17(15)23-20(16)19(18)14-7-3-2-4-8-14/h2-7,9-10,14,16,20,22-23H,8,11-13,21H2,1H3. The van der Waals surface area contributed by atoms with E-state index in [9.17, 15) is 0 Å². The van der Waals surface area contributed by atoms with Gasteiger partial charge in [0.2, 0.25) is 0 Å². The fourth-order valence-corrected chi connectivity index (χ4v) is 4.32. The number of nitrogens with zero attached hydrogens (tertiary/aromatic N) is 1. The van der Waals surface area contributed by atoms with Crippen LogP contribution in [-0.2, 0) is 0 Å². The maximum absolute atomic E-state index is 5.82. The lowest BCUT2D eigenvalue weighted by Gasteiger charge is -2.36. The number of allylic oxidation sites excluding steroid dienone is 5. The number of fused-ring (bicyclic) bond motifs is 3. The summed E-state index contributed by atoms with van der Waals surface area (Å²) in [6, 6.07) is 9.17. The molecule has 4 N–H and O–H groups in total. The molecule has 0 amide bonds. The largest absolute Gasteiger partial charge is 0.378 e. The van der Waals surface area contributed by atoms with Crippen molar-refractivity contribution in [2.45, 2.75) is 31.2 Å². The molecule has 2 aliphatic carbocycles. The molecule has 4 rings (SSSR count). The minimum absolute atomic E-state index is 0.392. The monoisotopic (exact) mass is 322 g/mol. The Morgan fingerprint density at radius 2 is 2.17 bits per heavy atom. The molecular formula is C20H26N4. The van der Waals surface area contributed by atoms with Crippen molar-refractivity contribution in [3.05, 3.63) is 65.4 Å². The molecule has 0 aromatic heterocycles. The fourth-order valence-electron chi connectivity index (χ4n) is 4.32. The molecule has 0 fully saturated rings. The van der Waals surface area contributed by atoms with Crippen LogP contribution in [0, 0.1) is 5.92 Å². The van der Waals surface area contributed by atoms with Gasteiger partial charge in [-0.15, -0.1) is 0 Å². The Bertz CT molecular complexity index is 701. The zero-order valence-corrected chi connectivity index (χ0v) is 14.2. The van der Waals surface area contributed by atoms with Crippen LogP contribution >= 0.6 is 0 Å². The number of nitrogens with two attached hydrogens (primary N) is 1. The van der Waals surface area contributed by atoms with Crippen LogP contribution in [0.4, 0.5) is 5.69 Å². The van der Waals surface area contributed by atoms with Gasteiger partial charge in [-0.3, -0.25) is 5.84 Å². The smallest absolute Gasteiger partial charge is 0.0803 e. The lowest BCUT2D eigenvalue weighted by molar-refractivity contribution is 0.324. The molecule has 0 spiro atoms. The number of anilines is 1. The molecule has 0 saturated carbocycles. The quantitative estimate of drug-likeness (QED) is 0.453. The molecule has 1 aliphatic heterocycles. The van der Waals surface area contributed by atoms with Crippen LogP contribution in [0.5, 0.6) is 0 Å². The van der Waals surface area contributed by atoms with Gasteiger partial charge in [0.15, 0.2) is 0 Å². The average Bonchev–Trinajstić information content (AvgIpc) is 2.98. The highest BCUT2D eigenvalue weighted by Gasteiger charge is 2.40. The van der Waals surface area contributed by atoms with Gasteiger partial charge in [0.1, 0.15) is 0 Å². The van der Waals surface area contributed by atoms with Crippen molar-refractivity contribution in [3.63, 3.8) is 0 Å². The first-order chi connectivity index (χ1) is 11.7. The van der Waals surface area contributed by atoms with E-state index in [1.165, 1.54) is 28.9 Å². The molecule has 126 valence electrons. The predicted molar refractivity (Wildman–Crippen MR) is 99.2 cm³/mol. The number of nitrogens with one attached hydrogen (secondary N) is 2. The topological polar surface area (TPSA) is 53.3 Å². The molecule has 3 unspecified atom stereocenters. The lowest BCUT2D eigenvalue weighted by Crippen LogP contribution is -2.40. The van der Waals surface area contributed by atoms with Crippen LogP contribution in [0.3, 0.4) is 0 Å². The van der Waals surface area contributed by atoms with Crippen molar-refractivity contribution < 1.29 is 0 Å². The SMILES string of the molecule is CN(N)CNC1=C(C2C=CC=CC2)C2Nc3ccccc3C2CC1. The van der Waals surface area contributed by atoms with Crippen LogP contribution in [0.2, 0.25) is 0 Å². The highest BCUT2D eigenvalue weighted by molar-refractivity contribution is 5.63. The third-order valence-electron chi connectivity index (χ3n) is 5.38. The molecule has 1 aromatic rings. The highest BCUT2D eigenvalue weighted by Crippen LogP contribution is 2.48. The van der Waals surface area contributed by atoms with Crippen molar-refractivity contribution in [1.29, 1.82) is 0 Å². The molecule has 3 aliphatic rings. The third kappa shape index (κ3) is 2.76. The van der Waals surface area contributed by atoms with Gasteiger partial charge >= 0.3 is 0 Å². The van der Waals surface area contributed by atoms with E-state index in [0.29, 0.717) is 24.5 Å². The number of para-hydroxylation sites is 1. The first-order valence-corrected chi connectivity index (χ1v) is 8.85. The number of hydrogen-bond acceptors (Lipinski definition) is 4. The van der Waals surface area contributed by atoms with Crippen LogP contribution < -0.4 is 16.5 Å². The fraction of sp³-hybridized carbons (Fsp3) is 0.400. The summed E-state index contributed by atoms with van der Waals surface area (Å²) >= 11 is 0. The van der Waals surface area contributed by atoms with Crippen LogP contribution in [0.25, 0.3) is 0 Å². The van der Waals surface area contributed by atoms with E-state index in [2.05, 4.69) is 59.2 Å². The molecule has 0 radical (unpaired) electrons. The van der Waals surface area contributed by atoms with E-state index in [-0.39, 0.29) is 0 Å². The highest BCUT2D eigenvalue weighted by atomic mass is 15.4. The molecule has 0 bridgehead atoms. The maximum Gasteiger partial charge on any atom is 0.0803 e. The zero-order chi connectivity index (χ0) is 16.5.